The summed E-state index contributed by atoms with van der Waals surface area (Å²) in [6, 6.07) is 29.4. The number of carbonyl (C=O) groups excluding carboxylic acids is 3. The second-order valence-electron chi connectivity index (χ2n) is 15.2. The quantitative estimate of drug-likeness (QED) is 0.134. The Balaban J connectivity index is 1.23. The fraction of sp³-hybridized carbons (Fsp3) is 0.370. The number of carbonyl (C=O) groups is 3. The van der Waals surface area contributed by atoms with Crippen LogP contribution in [0.1, 0.15) is 48.6 Å². The summed E-state index contributed by atoms with van der Waals surface area (Å²) in [5.41, 5.74) is 3.53. The summed E-state index contributed by atoms with van der Waals surface area (Å²) in [5.74, 6) is 0.302. The standard InChI is InChI=1S/C46H52F3N5O4/c1-34(2)58-42-20-13-38(14-21-42)32-50-23-25-53(26-24-50)45(57)43(31-37-7-5-4-6-8-37)54(44(56)22-15-36-9-16-40(17-10-36)46(47,48)49)33-39-11-18-41(19-12-39)52-29-27-51(28-30-52)35(3)55/h4-22,34,43H,23-33H2,1-3H3/t43-/m0/s1. The van der Waals surface area contributed by atoms with Crippen LogP contribution in [-0.2, 0) is 40.1 Å². The number of hydrogen-bond donors (Lipinski definition) is 0. The molecule has 6 rings (SSSR count). The maximum Gasteiger partial charge on any atom is 0.416 e. The van der Waals surface area contributed by atoms with Crippen LogP contribution in [-0.4, -0.2) is 102 Å². The predicted octanol–water partition coefficient (Wildman–Crippen LogP) is 7.16. The molecule has 12 heteroatoms. The number of anilines is 1. The van der Waals surface area contributed by atoms with Gasteiger partial charge < -0.3 is 24.3 Å². The van der Waals surface area contributed by atoms with Gasteiger partial charge in [0.15, 0.2) is 0 Å². The molecule has 0 radical (unpaired) electrons. The average Bonchev–Trinajstić information content (AvgIpc) is 3.22. The molecule has 0 bridgehead atoms. The first-order valence-electron chi connectivity index (χ1n) is 19.9. The second-order valence-corrected chi connectivity index (χ2v) is 15.2. The number of alkyl halides is 3. The van der Waals surface area contributed by atoms with Gasteiger partial charge in [0, 0.05) is 90.6 Å². The molecule has 0 saturated carbocycles. The normalized spacial score (nSPS) is 15.8. The van der Waals surface area contributed by atoms with Crippen LogP contribution in [0.5, 0.6) is 5.75 Å². The summed E-state index contributed by atoms with van der Waals surface area (Å²) >= 11 is 0. The molecule has 2 heterocycles. The van der Waals surface area contributed by atoms with Crippen LogP contribution in [0.15, 0.2) is 109 Å². The van der Waals surface area contributed by atoms with E-state index in [9.17, 15) is 27.6 Å². The Labute approximate surface area is 339 Å². The van der Waals surface area contributed by atoms with Crippen LogP contribution in [0.2, 0.25) is 0 Å². The molecule has 3 amide bonds. The van der Waals surface area contributed by atoms with Crippen molar-refractivity contribution in [2.24, 2.45) is 0 Å². The van der Waals surface area contributed by atoms with E-state index in [2.05, 4.69) is 21.9 Å². The molecule has 2 aliphatic heterocycles. The van der Waals surface area contributed by atoms with Gasteiger partial charge in [-0.25, -0.2) is 0 Å². The van der Waals surface area contributed by atoms with Crippen molar-refractivity contribution < 1.29 is 32.3 Å². The maximum absolute atomic E-state index is 14.7. The zero-order chi connectivity index (χ0) is 41.2. The van der Waals surface area contributed by atoms with Crippen LogP contribution in [0, 0.1) is 0 Å². The van der Waals surface area contributed by atoms with E-state index in [0.717, 1.165) is 46.8 Å². The smallest absolute Gasteiger partial charge is 0.416 e. The van der Waals surface area contributed by atoms with Crippen LogP contribution in [0.3, 0.4) is 0 Å². The first kappa shape index (κ1) is 42.0. The lowest BCUT2D eigenvalue weighted by molar-refractivity contribution is -0.145. The fourth-order valence-corrected chi connectivity index (χ4v) is 7.39. The van der Waals surface area contributed by atoms with Crippen LogP contribution in [0.4, 0.5) is 18.9 Å². The largest absolute Gasteiger partial charge is 0.491 e. The molecule has 4 aromatic rings. The molecule has 0 N–H and O–H groups in total. The summed E-state index contributed by atoms with van der Waals surface area (Å²) in [4.78, 5) is 50.7. The highest BCUT2D eigenvalue weighted by Crippen LogP contribution is 2.29. The van der Waals surface area contributed by atoms with Gasteiger partial charge in [0.2, 0.25) is 17.7 Å². The van der Waals surface area contributed by atoms with Crippen molar-refractivity contribution in [3.63, 3.8) is 0 Å². The maximum atomic E-state index is 14.7. The molecule has 2 saturated heterocycles. The van der Waals surface area contributed by atoms with Crippen molar-refractivity contribution in [1.29, 1.82) is 0 Å². The van der Waals surface area contributed by atoms with Crippen molar-refractivity contribution in [2.45, 2.75) is 58.6 Å². The molecule has 58 heavy (non-hydrogen) atoms. The van der Waals surface area contributed by atoms with Crippen LogP contribution >= 0.6 is 0 Å². The number of halogens is 3. The van der Waals surface area contributed by atoms with E-state index >= 15 is 0 Å². The van der Waals surface area contributed by atoms with Crippen molar-refractivity contribution in [3.05, 3.63) is 137 Å². The number of benzene rings is 4. The van der Waals surface area contributed by atoms with Gasteiger partial charge in [0.1, 0.15) is 11.8 Å². The van der Waals surface area contributed by atoms with Gasteiger partial charge in [-0.2, -0.15) is 13.2 Å². The van der Waals surface area contributed by atoms with Crippen molar-refractivity contribution in [3.8, 4) is 5.75 Å². The lowest BCUT2D eigenvalue weighted by atomic mass is 10.0. The summed E-state index contributed by atoms with van der Waals surface area (Å²) in [7, 11) is 0. The monoisotopic (exact) mass is 795 g/mol. The van der Waals surface area contributed by atoms with Crippen LogP contribution < -0.4 is 9.64 Å². The fourth-order valence-electron chi connectivity index (χ4n) is 7.39. The lowest BCUT2D eigenvalue weighted by Crippen LogP contribution is -2.56. The Morgan fingerprint density at radius 3 is 1.91 bits per heavy atom. The number of nitrogens with zero attached hydrogens (tertiary/aromatic N) is 5. The Kier molecular flexibility index (Phi) is 13.9. The number of piperazine rings is 2. The first-order chi connectivity index (χ1) is 27.8. The topological polar surface area (TPSA) is 76.6 Å². The molecular weight excluding hydrogens is 744 g/mol. The summed E-state index contributed by atoms with van der Waals surface area (Å²) in [6.07, 6.45) is -1.27. The molecule has 1 atom stereocenters. The third kappa shape index (κ3) is 11.5. The molecule has 306 valence electrons. The number of hydrogen-bond acceptors (Lipinski definition) is 6. The van der Waals surface area contributed by atoms with Gasteiger partial charge in [-0.3, -0.25) is 19.3 Å². The first-order valence-corrected chi connectivity index (χ1v) is 19.9. The second kappa shape index (κ2) is 19.2. The molecule has 0 aliphatic carbocycles. The molecular formula is C46H52F3N5O4. The van der Waals surface area contributed by atoms with Gasteiger partial charge in [-0.05, 0) is 78.6 Å². The molecule has 9 nitrogen and oxygen atoms in total. The minimum Gasteiger partial charge on any atom is -0.491 e. The molecule has 0 aromatic heterocycles. The predicted molar refractivity (Wildman–Crippen MR) is 220 cm³/mol. The number of amides is 3. The molecule has 0 spiro atoms. The van der Waals surface area contributed by atoms with Gasteiger partial charge in [0.05, 0.1) is 11.7 Å². The van der Waals surface area contributed by atoms with Gasteiger partial charge in [0.25, 0.3) is 0 Å². The molecule has 0 unspecified atom stereocenters. The molecule has 4 aromatic carbocycles. The highest BCUT2D eigenvalue weighted by atomic mass is 19.4. The molecule has 2 aliphatic rings. The minimum atomic E-state index is -4.47. The van der Waals surface area contributed by atoms with E-state index in [-0.39, 0.29) is 30.9 Å². The zero-order valence-electron chi connectivity index (χ0n) is 33.4. The number of ether oxygens (including phenoxy) is 1. The van der Waals surface area contributed by atoms with Crippen molar-refractivity contribution in [2.75, 3.05) is 57.3 Å². The number of rotatable bonds is 13. The van der Waals surface area contributed by atoms with Crippen molar-refractivity contribution in [1.82, 2.24) is 19.6 Å². The van der Waals surface area contributed by atoms with E-state index in [1.165, 1.54) is 24.3 Å². The van der Waals surface area contributed by atoms with E-state index in [4.69, 9.17) is 4.74 Å². The minimum absolute atomic E-state index is 0.0623. The summed E-state index contributed by atoms with van der Waals surface area (Å²) in [6.45, 7) is 11.5. The SMILES string of the molecule is CC(=O)N1CCN(c2ccc(CN(C(=O)C=Cc3ccc(C(F)(F)F)cc3)[C@@H](Cc3ccccc3)C(=O)N3CCN(Cc4ccc(OC(C)C)cc4)CC3)cc2)CC1. The van der Waals surface area contributed by atoms with E-state index in [1.807, 2.05) is 90.4 Å². The van der Waals surface area contributed by atoms with Gasteiger partial charge in [-0.15, -0.1) is 0 Å². The third-order valence-corrected chi connectivity index (χ3v) is 10.6. The van der Waals surface area contributed by atoms with E-state index < -0.39 is 23.7 Å². The zero-order valence-corrected chi connectivity index (χ0v) is 33.4. The third-order valence-electron chi connectivity index (χ3n) is 10.6. The highest BCUT2D eigenvalue weighted by Gasteiger charge is 2.34. The Hall–Kier alpha value is -5.62. The summed E-state index contributed by atoms with van der Waals surface area (Å²) < 4.78 is 45.5. The summed E-state index contributed by atoms with van der Waals surface area (Å²) in [5, 5.41) is 0. The Morgan fingerprint density at radius 2 is 1.33 bits per heavy atom. The van der Waals surface area contributed by atoms with Gasteiger partial charge in [-0.1, -0.05) is 66.7 Å². The van der Waals surface area contributed by atoms with Crippen LogP contribution in [0.25, 0.3) is 6.08 Å². The average molecular weight is 796 g/mol. The Morgan fingerprint density at radius 1 is 0.724 bits per heavy atom. The highest BCUT2D eigenvalue weighted by molar-refractivity contribution is 5.96. The lowest BCUT2D eigenvalue weighted by Gasteiger charge is -2.39. The molecule has 2 fully saturated rings. The van der Waals surface area contributed by atoms with E-state index in [0.29, 0.717) is 57.9 Å². The Bertz CT molecular complexity index is 1990. The van der Waals surface area contributed by atoms with E-state index in [1.54, 1.807) is 11.8 Å². The van der Waals surface area contributed by atoms with Gasteiger partial charge >= 0.3 is 6.18 Å². The van der Waals surface area contributed by atoms with Crippen molar-refractivity contribution >= 4 is 29.5 Å².